The maximum Gasteiger partial charge on any atom is 0.0642 e. The van der Waals surface area contributed by atoms with Crippen molar-refractivity contribution >= 4 is 40.7 Å². The summed E-state index contributed by atoms with van der Waals surface area (Å²) in [6.45, 7) is 2.14. The molecule has 0 aliphatic carbocycles. The topological polar surface area (TPSA) is 3.24 Å². The Hall–Kier alpha value is -0.0500. The molecule has 4 heteroatoms. The third-order valence-corrected chi connectivity index (χ3v) is 4.08. The number of rotatable bonds is 2. The number of nitrogens with zero attached hydrogens (tertiary/aromatic N) is 1. The van der Waals surface area contributed by atoms with Crippen LogP contribution in [0.4, 0.5) is 5.69 Å². The molecule has 15 heavy (non-hydrogen) atoms. The van der Waals surface area contributed by atoms with Crippen molar-refractivity contribution in [2.24, 2.45) is 0 Å². The molecule has 0 unspecified atom stereocenters. The Kier molecular flexibility index (Phi) is 4.06. The van der Waals surface area contributed by atoms with Crippen LogP contribution in [0.1, 0.15) is 5.56 Å². The van der Waals surface area contributed by atoms with Gasteiger partial charge in [0.15, 0.2) is 0 Å². The van der Waals surface area contributed by atoms with Crippen LogP contribution in [0, 0.1) is 0 Å². The minimum Gasteiger partial charge on any atom is -0.368 e. The second-order valence-electron chi connectivity index (χ2n) is 3.48. The zero-order chi connectivity index (χ0) is 10.7. The lowest BCUT2D eigenvalue weighted by Gasteiger charge is -2.30. The summed E-state index contributed by atoms with van der Waals surface area (Å²) < 4.78 is 0. The molecule has 1 aliphatic heterocycles. The van der Waals surface area contributed by atoms with E-state index >= 15 is 0 Å². The van der Waals surface area contributed by atoms with Crippen molar-refractivity contribution in [3.05, 3.63) is 28.8 Å². The SMILES string of the molecule is ClCc1cccc(Cl)c1N1CCSCC1. The Morgan fingerprint density at radius 1 is 1.27 bits per heavy atom. The molecule has 82 valence electrons. The first-order valence-electron chi connectivity index (χ1n) is 4.99. The maximum atomic E-state index is 6.23. The van der Waals surface area contributed by atoms with E-state index in [0.717, 1.165) is 29.4 Å². The van der Waals surface area contributed by atoms with Crippen molar-refractivity contribution in [2.75, 3.05) is 29.5 Å². The van der Waals surface area contributed by atoms with E-state index in [1.165, 1.54) is 11.5 Å². The minimum atomic E-state index is 0.527. The smallest absolute Gasteiger partial charge is 0.0642 e. The molecular weight excluding hydrogens is 249 g/mol. The molecule has 0 aromatic heterocycles. The number of para-hydroxylation sites is 1. The van der Waals surface area contributed by atoms with Crippen molar-refractivity contribution in [1.29, 1.82) is 0 Å². The Bertz CT molecular complexity index is 337. The quantitative estimate of drug-likeness (QED) is 0.749. The fourth-order valence-corrected chi connectivity index (χ4v) is 3.24. The molecule has 0 saturated carbocycles. The number of benzene rings is 1. The summed E-state index contributed by atoms with van der Waals surface area (Å²) in [5.41, 5.74) is 2.27. The predicted molar refractivity (Wildman–Crippen MR) is 70.5 cm³/mol. The third kappa shape index (κ3) is 2.55. The molecule has 1 aromatic rings. The highest BCUT2D eigenvalue weighted by Crippen LogP contribution is 2.32. The van der Waals surface area contributed by atoms with E-state index in [9.17, 15) is 0 Å². The van der Waals surface area contributed by atoms with Gasteiger partial charge in [-0.05, 0) is 11.6 Å². The molecule has 1 saturated heterocycles. The van der Waals surface area contributed by atoms with Crippen LogP contribution in [0.25, 0.3) is 0 Å². The normalized spacial score (nSPS) is 16.8. The minimum absolute atomic E-state index is 0.527. The van der Waals surface area contributed by atoms with Gasteiger partial charge in [-0.15, -0.1) is 11.6 Å². The van der Waals surface area contributed by atoms with Crippen LogP contribution in [-0.4, -0.2) is 24.6 Å². The Morgan fingerprint density at radius 2 is 2.00 bits per heavy atom. The molecule has 0 atom stereocenters. The first-order valence-corrected chi connectivity index (χ1v) is 7.05. The lowest BCUT2D eigenvalue weighted by atomic mass is 10.2. The van der Waals surface area contributed by atoms with Gasteiger partial charge < -0.3 is 4.90 Å². The van der Waals surface area contributed by atoms with Gasteiger partial charge in [0, 0.05) is 30.5 Å². The molecule has 1 aliphatic rings. The number of hydrogen-bond donors (Lipinski definition) is 0. The zero-order valence-corrected chi connectivity index (χ0v) is 10.7. The molecular formula is C11H13Cl2NS. The first kappa shape index (κ1) is 11.4. The lowest BCUT2D eigenvalue weighted by molar-refractivity contribution is 0.853. The lowest BCUT2D eigenvalue weighted by Crippen LogP contribution is -2.33. The number of anilines is 1. The molecule has 1 nitrogen and oxygen atoms in total. The van der Waals surface area contributed by atoms with Crippen LogP contribution in [0.15, 0.2) is 18.2 Å². The number of hydrogen-bond acceptors (Lipinski definition) is 2. The summed E-state index contributed by atoms with van der Waals surface area (Å²) in [7, 11) is 0. The first-order chi connectivity index (χ1) is 7.33. The summed E-state index contributed by atoms with van der Waals surface area (Å²) in [6.07, 6.45) is 0. The highest BCUT2D eigenvalue weighted by Gasteiger charge is 2.16. The van der Waals surface area contributed by atoms with Crippen LogP contribution in [0.3, 0.4) is 0 Å². The average molecular weight is 262 g/mol. The van der Waals surface area contributed by atoms with Crippen LogP contribution >= 0.6 is 35.0 Å². The van der Waals surface area contributed by atoms with Gasteiger partial charge in [-0.25, -0.2) is 0 Å². The largest absolute Gasteiger partial charge is 0.368 e. The van der Waals surface area contributed by atoms with Gasteiger partial charge in [-0.1, -0.05) is 23.7 Å². The molecule has 0 spiro atoms. The number of alkyl halides is 1. The second-order valence-corrected chi connectivity index (χ2v) is 5.38. The molecule has 0 N–H and O–H groups in total. The average Bonchev–Trinajstić information content (AvgIpc) is 2.29. The predicted octanol–water partition coefficient (Wildman–Crippen LogP) is 3.63. The highest BCUT2D eigenvalue weighted by molar-refractivity contribution is 7.99. The molecule has 0 amide bonds. The van der Waals surface area contributed by atoms with Crippen molar-refractivity contribution in [3.8, 4) is 0 Å². The van der Waals surface area contributed by atoms with Crippen molar-refractivity contribution in [1.82, 2.24) is 0 Å². The molecule has 0 radical (unpaired) electrons. The van der Waals surface area contributed by atoms with Gasteiger partial charge in [0.25, 0.3) is 0 Å². The summed E-state index contributed by atoms with van der Waals surface area (Å²) in [4.78, 5) is 2.34. The monoisotopic (exact) mass is 261 g/mol. The van der Waals surface area contributed by atoms with E-state index in [1.807, 2.05) is 23.9 Å². The zero-order valence-electron chi connectivity index (χ0n) is 8.38. The van der Waals surface area contributed by atoms with E-state index in [0.29, 0.717) is 5.88 Å². The maximum absolute atomic E-state index is 6.23. The molecule has 2 rings (SSSR count). The molecule has 1 heterocycles. The number of halogens is 2. The van der Waals surface area contributed by atoms with Gasteiger partial charge in [-0.2, -0.15) is 11.8 Å². The molecule has 0 bridgehead atoms. The Morgan fingerprint density at radius 3 is 2.67 bits per heavy atom. The van der Waals surface area contributed by atoms with E-state index in [-0.39, 0.29) is 0 Å². The Balaban J connectivity index is 2.31. The van der Waals surface area contributed by atoms with Crippen molar-refractivity contribution in [2.45, 2.75) is 5.88 Å². The van der Waals surface area contributed by atoms with E-state index in [4.69, 9.17) is 23.2 Å². The van der Waals surface area contributed by atoms with Crippen LogP contribution < -0.4 is 4.90 Å². The van der Waals surface area contributed by atoms with E-state index < -0.39 is 0 Å². The van der Waals surface area contributed by atoms with Gasteiger partial charge in [-0.3, -0.25) is 0 Å². The third-order valence-electron chi connectivity index (χ3n) is 2.54. The van der Waals surface area contributed by atoms with E-state index in [1.54, 1.807) is 0 Å². The van der Waals surface area contributed by atoms with Crippen LogP contribution in [0.2, 0.25) is 5.02 Å². The van der Waals surface area contributed by atoms with E-state index in [2.05, 4.69) is 11.0 Å². The van der Waals surface area contributed by atoms with Crippen molar-refractivity contribution in [3.63, 3.8) is 0 Å². The summed E-state index contributed by atoms with van der Waals surface area (Å²) in [5, 5.41) is 0.819. The van der Waals surface area contributed by atoms with Gasteiger partial charge in [0.1, 0.15) is 0 Å². The summed E-state index contributed by atoms with van der Waals surface area (Å²) >= 11 is 14.2. The Labute approximate surface area is 105 Å². The van der Waals surface area contributed by atoms with Gasteiger partial charge in [0.2, 0.25) is 0 Å². The van der Waals surface area contributed by atoms with Crippen LogP contribution in [0.5, 0.6) is 0 Å². The molecule has 1 aromatic carbocycles. The van der Waals surface area contributed by atoms with Gasteiger partial charge in [0.05, 0.1) is 10.7 Å². The fourth-order valence-electron chi connectivity index (χ4n) is 1.81. The van der Waals surface area contributed by atoms with Crippen LogP contribution in [-0.2, 0) is 5.88 Å². The number of thioether (sulfide) groups is 1. The highest BCUT2D eigenvalue weighted by atomic mass is 35.5. The summed E-state index contributed by atoms with van der Waals surface area (Å²) in [6, 6.07) is 5.95. The fraction of sp³-hybridized carbons (Fsp3) is 0.455. The van der Waals surface area contributed by atoms with Crippen molar-refractivity contribution < 1.29 is 0 Å². The van der Waals surface area contributed by atoms with Gasteiger partial charge >= 0.3 is 0 Å². The summed E-state index contributed by atoms with van der Waals surface area (Å²) in [5.74, 6) is 2.87. The molecule has 1 fully saturated rings. The second kappa shape index (κ2) is 5.33. The standard InChI is InChI=1S/C11H13Cl2NS/c12-8-9-2-1-3-10(13)11(9)14-4-6-15-7-5-14/h1-3H,4-8H2.